The summed E-state index contributed by atoms with van der Waals surface area (Å²) >= 11 is 0. The van der Waals surface area contributed by atoms with E-state index in [4.69, 9.17) is 0 Å². The maximum Gasteiger partial charge on any atom is 0.455 e. The number of Topliss-reactive ketones (excluding diaryl/α,β-unsaturated/α-hetero) is 1. The van der Waals surface area contributed by atoms with E-state index in [1.807, 2.05) is 0 Å². The zero-order valence-electron chi connectivity index (χ0n) is 7.45. The number of benzene rings is 1. The van der Waals surface area contributed by atoms with Gasteiger partial charge in [0.25, 0.3) is 5.78 Å². The third-order valence-electron chi connectivity index (χ3n) is 1.67. The summed E-state index contributed by atoms with van der Waals surface area (Å²) < 4.78 is 61.6. The van der Waals surface area contributed by atoms with Gasteiger partial charge >= 0.3 is 6.18 Å². The highest BCUT2D eigenvalue weighted by Crippen LogP contribution is 2.25. The van der Waals surface area contributed by atoms with Crippen molar-refractivity contribution in [3.05, 3.63) is 34.9 Å². The third kappa shape index (κ3) is 2.31. The van der Waals surface area contributed by atoms with Gasteiger partial charge in [-0.1, -0.05) is 0 Å². The summed E-state index contributed by atoms with van der Waals surface area (Å²) in [5.41, 5.74) is -1.46. The molecule has 0 aliphatic heterocycles. The molecule has 0 saturated carbocycles. The minimum Gasteiger partial charge on any atom is -0.284 e. The molecule has 0 bridgehead atoms. The summed E-state index contributed by atoms with van der Waals surface area (Å²) in [7, 11) is 0. The van der Waals surface area contributed by atoms with Crippen molar-refractivity contribution in [1.82, 2.24) is 0 Å². The van der Waals surface area contributed by atoms with Gasteiger partial charge in [0.15, 0.2) is 0 Å². The number of halogens is 5. The summed E-state index contributed by atoms with van der Waals surface area (Å²) in [4.78, 5) is 10.6. The molecular weight excluding hydrogens is 219 g/mol. The molecular formula is C9H5F5O. The first-order chi connectivity index (χ1) is 6.73. The van der Waals surface area contributed by atoms with E-state index in [0.29, 0.717) is 12.1 Å². The van der Waals surface area contributed by atoms with E-state index in [-0.39, 0.29) is 5.56 Å². The summed E-state index contributed by atoms with van der Waals surface area (Å²) in [5.74, 6) is -5.53. The van der Waals surface area contributed by atoms with Crippen molar-refractivity contribution in [2.75, 3.05) is 0 Å². The fourth-order valence-corrected chi connectivity index (χ4v) is 1.06. The van der Waals surface area contributed by atoms with Gasteiger partial charge in [0.05, 0.1) is 5.56 Å². The lowest BCUT2D eigenvalue weighted by Crippen LogP contribution is -2.25. The van der Waals surface area contributed by atoms with Crippen LogP contribution in [0.4, 0.5) is 22.0 Å². The van der Waals surface area contributed by atoms with Gasteiger partial charge in [-0.2, -0.15) is 13.2 Å². The predicted octanol–water partition coefficient (Wildman–Crippen LogP) is 3.02. The molecule has 0 atom stereocenters. The molecule has 1 aromatic rings. The van der Waals surface area contributed by atoms with Gasteiger partial charge in [0.1, 0.15) is 11.6 Å². The summed E-state index contributed by atoms with van der Waals surface area (Å²) in [6, 6.07) is 1.34. The number of alkyl halides is 3. The molecule has 0 radical (unpaired) electrons. The first-order valence-electron chi connectivity index (χ1n) is 3.80. The lowest BCUT2D eigenvalue weighted by molar-refractivity contribution is -0.0890. The number of rotatable bonds is 1. The largest absolute Gasteiger partial charge is 0.455 e. The molecule has 0 fully saturated rings. The van der Waals surface area contributed by atoms with Gasteiger partial charge in [-0.15, -0.1) is 0 Å². The Morgan fingerprint density at radius 3 is 1.87 bits per heavy atom. The number of carbonyl (C=O) groups excluding carboxylic acids is 1. The molecule has 1 nitrogen and oxygen atoms in total. The van der Waals surface area contributed by atoms with Crippen molar-refractivity contribution < 1.29 is 26.7 Å². The average molecular weight is 224 g/mol. The van der Waals surface area contributed by atoms with E-state index in [0.717, 1.165) is 0 Å². The van der Waals surface area contributed by atoms with Gasteiger partial charge in [-0.25, -0.2) is 8.78 Å². The first kappa shape index (κ1) is 11.6. The Morgan fingerprint density at radius 1 is 1.13 bits per heavy atom. The third-order valence-corrected chi connectivity index (χ3v) is 1.67. The zero-order valence-corrected chi connectivity index (χ0v) is 7.45. The van der Waals surface area contributed by atoms with Crippen LogP contribution in [0.5, 0.6) is 0 Å². The minimum atomic E-state index is -5.28. The first-order valence-corrected chi connectivity index (χ1v) is 3.80. The second-order valence-electron chi connectivity index (χ2n) is 2.93. The van der Waals surface area contributed by atoms with Crippen molar-refractivity contribution in [2.45, 2.75) is 13.1 Å². The van der Waals surface area contributed by atoms with Crippen LogP contribution in [0.15, 0.2) is 12.1 Å². The fourth-order valence-electron chi connectivity index (χ4n) is 1.06. The Morgan fingerprint density at radius 2 is 1.53 bits per heavy atom. The molecule has 0 aliphatic carbocycles. The second kappa shape index (κ2) is 3.60. The van der Waals surface area contributed by atoms with E-state index >= 15 is 0 Å². The number of aryl methyl sites for hydroxylation is 1. The molecule has 0 spiro atoms. The van der Waals surface area contributed by atoms with E-state index in [9.17, 15) is 26.7 Å². The Balaban J connectivity index is 3.33. The van der Waals surface area contributed by atoms with Crippen molar-refractivity contribution in [2.24, 2.45) is 0 Å². The molecule has 6 heteroatoms. The molecule has 0 saturated heterocycles. The normalized spacial score (nSPS) is 11.6. The maximum atomic E-state index is 12.9. The van der Waals surface area contributed by atoms with E-state index < -0.39 is 29.2 Å². The molecule has 0 aliphatic rings. The quantitative estimate of drug-likeness (QED) is 0.529. The lowest BCUT2D eigenvalue weighted by atomic mass is 10.1. The van der Waals surface area contributed by atoms with Gasteiger partial charge in [-0.05, 0) is 24.6 Å². The molecule has 0 heterocycles. The Hall–Kier alpha value is -1.46. The molecule has 15 heavy (non-hydrogen) atoms. The Kier molecular flexibility index (Phi) is 2.79. The van der Waals surface area contributed by atoms with Crippen molar-refractivity contribution in [1.29, 1.82) is 0 Å². The molecule has 0 amide bonds. The van der Waals surface area contributed by atoms with Crippen LogP contribution in [0, 0.1) is 18.6 Å². The number of hydrogen-bond acceptors (Lipinski definition) is 1. The van der Waals surface area contributed by atoms with Crippen LogP contribution in [0.2, 0.25) is 0 Å². The zero-order chi connectivity index (χ0) is 11.8. The van der Waals surface area contributed by atoms with Crippen LogP contribution in [0.1, 0.15) is 15.9 Å². The summed E-state index contributed by atoms with van der Waals surface area (Å²) in [6.07, 6.45) is -5.28. The average Bonchev–Trinajstić information content (AvgIpc) is 1.99. The fraction of sp³-hybridized carbons (Fsp3) is 0.222. The Labute approximate surface area is 81.5 Å². The molecule has 0 aromatic heterocycles. The number of hydrogen-bond donors (Lipinski definition) is 0. The van der Waals surface area contributed by atoms with Gasteiger partial charge < -0.3 is 0 Å². The van der Waals surface area contributed by atoms with E-state index in [1.165, 1.54) is 6.92 Å². The highest BCUT2D eigenvalue weighted by atomic mass is 19.4. The van der Waals surface area contributed by atoms with Crippen LogP contribution in [0.3, 0.4) is 0 Å². The molecule has 1 aromatic carbocycles. The molecule has 0 unspecified atom stereocenters. The maximum absolute atomic E-state index is 12.9. The Bertz CT molecular complexity index is 384. The monoisotopic (exact) mass is 224 g/mol. The van der Waals surface area contributed by atoms with Crippen molar-refractivity contribution in [3.63, 3.8) is 0 Å². The minimum absolute atomic E-state index is 0.101. The van der Waals surface area contributed by atoms with Crippen LogP contribution in [0.25, 0.3) is 0 Å². The number of carbonyl (C=O) groups is 1. The smallest absolute Gasteiger partial charge is 0.284 e. The second-order valence-corrected chi connectivity index (χ2v) is 2.93. The predicted molar refractivity (Wildman–Crippen MR) is 41.5 cm³/mol. The summed E-state index contributed by atoms with van der Waals surface area (Å²) in [5, 5.41) is 0. The number of ketones is 1. The van der Waals surface area contributed by atoms with Crippen LogP contribution in [-0.4, -0.2) is 12.0 Å². The van der Waals surface area contributed by atoms with E-state index in [2.05, 4.69) is 0 Å². The van der Waals surface area contributed by atoms with E-state index in [1.54, 1.807) is 0 Å². The standard InChI is InChI=1S/C9H5F5O/c1-4-2-5(10)7(6(11)3-4)8(15)9(12,13)14/h2-3H,1H3. The molecule has 0 N–H and O–H groups in total. The SMILES string of the molecule is Cc1cc(F)c(C(=O)C(F)(F)F)c(F)c1. The highest BCUT2D eigenvalue weighted by Gasteiger charge is 2.42. The van der Waals surface area contributed by atoms with Gasteiger partial charge in [-0.3, -0.25) is 4.79 Å². The van der Waals surface area contributed by atoms with Gasteiger partial charge in [0, 0.05) is 0 Å². The van der Waals surface area contributed by atoms with Crippen LogP contribution in [-0.2, 0) is 0 Å². The molecule has 82 valence electrons. The van der Waals surface area contributed by atoms with Crippen LogP contribution < -0.4 is 0 Å². The highest BCUT2D eigenvalue weighted by molar-refractivity contribution is 6.00. The van der Waals surface area contributed by atoms with Crippen molar-refractivity contribution >= 4 is 5.78 Å². The van der Waals surface area contributed by atoms with Gasteiger partial charge in [0.2, 0.25) is 0 Å². The molecule has 1 rings (SSSR count). The summed E-state index contributed by atoms with van der Waals surface area (Å²) in [6.45, 7) is 1.30. The van der Waals surface area contributed by atoms with Crippen molar-refractivity contribution in [3.8, 4) is 0 Å². The lowest BCUT2D eigenvalue weighted by Gasteiger charge is -2.07. The van der Waals surface area contributed by atoms with Crippen LogP contribution >= 0.6 is 0 Å². The topological polar surface area (TPSA) is 17.1 Å².